The van der Waals surface area contributed by atoms with Gasteiger partial charge in [-0.05, 0) is 167 Å². The van der Waals surface area contributed by atoms with E-state index in [0.29, 0.717) is 0 Å². The van der Waals surface area contributed by atoms with E-state index < -0.39 is 5.41 Å². The highest BCUT2D eigenvalue weighted by atomic mass is 15.1. The van der Waals surface area contributed by atoms with Gasteiger partial charge in [0, 0.05) is 17.1 Å². The van der Waals surface area contributed by atoms with Crippen LogP contribution in [0, 0.1) is 0 Å². The van der Waals surface area contributed by atoms with Gasteiger partial charge in [0.25, 0.3) is 0 Å². The lowest BCUT2D eigenvalue weighted by molar-refractivity contribution is 0.769. The van der Waals surface area contributed by atoms with Gasteiger partial charge in [0.1, 0.15) is 0 Å². The summed E-state index contributed by atoms with van der Waals surface area (Å²) in [4.78, 5) is 2.39. The van der Waals surface area contributed by atoms with Crippen LogP contribution in [-0.4, -0.2) is 0 Å². The first-order valence-electron chi connectivity index (χ1n) is 24.9. The van der Waals surface area contributed by atoms with Crippen LogP contribution in [0.2, 0.25) is 0 Å². The summed E-state index contributed by atoms with van der Waals surface area (Å²) in [5, 5.41) is 2.47. The molecular formula is C71H49N. The molecule has 1 aliphatic carbocycles. The topological polar surface area (TPSA) is 3.24 Å². The van der Waals surface area contributed by atoms with Gasteiger partial charge in [-0.2, -0.15) is 0 Å². The lowest BCUT2D eigenvalue weighted by Crippen LogP contribution is -2.28. The largest absolute Gasteiger partial charge is 0.310 e. The summed E-state index contributed by atoms with van der Waals surface area (Å²) in [5.41, 5.74) is 22.4. The summed E-state index contributed by atoms with van der Waals surface area (Å²) >= 11 is 0. The molecule has 0 saturated heterocycles. The molecule has 0 atom stereocenters. The van der Waals surface area contributed by atoms with Crippen LogP contribution in [0.4, 0.5) is 17.1 Å². The minimum absolute atomic E-state index is 0.463. The van der Waals surface area contributed by atoms with Crippen LogP contribution in [0.25, 0.3) is 77.5 Å². The van der Waals surface area contributed by atoms with E-state index in [9.17, 15) is 0 Å². The molecule has 1 nitrogen and oxygen atoms in total. The fourth-order valence-corrected chi connectivity index (χ4v) is 11.3. The monoisotopic (exact) mass is 915 g/mol. The summed E-state index contributed by atoms with van der Waals surface area (Å²) < 4.78 is 0. The smallest absolute Gasteiger partial charge is 0.0713 e. The Morgan fingerprint density at radius 3 is 1.22 bits per heavy atom. The normalized spacial score (nSPS) is 12.3. The second-order valence-electron chi connectivity index (χ2n) is 18.9. The maximum atomic E-state index is 2.45. The highest BCUT2D eigenvalue weighted by Gasteiger charge is 2.46. The lowest BCUT2D eigenvalue weighted by atomic mass is 9.67. The fourth-order valence-electron chi connectivity index (χ4n) is 11.3. The van der Waals surface area contributed by atoms with Gasteiger partial charge in [-0.15, -0.1) is 0 Å². The number of hydrogen-bond donors (Lipinski definition) is 0. The summed E-state index contributed by atoms with van der Waals surface area (Å²) in [7, 11) is 0. The Balaban J connectivity index is 0.917. The Morgan fingerprint density at radius 1 is 0.208 bits per heavy atom. The number of anilines is 3. The third-order valence-corrected chi connectivity index (χ3v) is 14.7. The molecule has 0 unspecified atom stereocenters. The molecule has 0 heterocycles. The average Bonchev–Trinajstić information content (AvgIpc) is 3.76. The molecule has 0 aliphatic heterocycles. The molecule has 12 aromatic carbocycles. The Bertz CT molecular complexity index is 3780. The predicted octanol–water partition coefficient (Wildman–Crippen LogP) is 19.0. The van der Waals surface area contributed by atoms with Crippen LogP contribution < -0.4 is 4.90 Å². The summed E-state index contributed by atoms with van der Waals surface area (Å²) in [6, 6.07) is 109. The van der Waals surface area contributed by atoms with E-state index in [2.05, 4.69) is 302 Å². The van der Waals surface area contributed by atoms with E-state index in [-0.39, 0.29) is 0 Å². The second-order valence-corrected chi connectivity index (χ2v) is 18.9. The SMILES string of the molecule is c1ccc(-c2cc(-c3ccccc3)cc(-c3ccc(N(c4ccc(-c5ccc6c(c5)C(c5ccccc5)(c5ccccc5)c5ccccc5-6)cc4)c4cccc(-c5ccc6ccccc6c5)c4)cc3)c2)cc1. The molecule has 12 aromatic rings. The van der Waals surface area contributed by atoms with Crippen molar-refractivity contribution in [2.45, 2.75) is 5.41 Å². The van der Waals surface area contributed by atoms with E-state index in [4.69, 9.17) is 0 Å². The number of benzene rings is 12. The molecule has 0 bridgehead atoms. The highest BCUT2D eigenvalue weighted by Crippen LogP contribution is 2.57. The quantitative estimate of drug-likeness (QED) is 0.132. The van der Waals surface area contributed by atoms with E-state index >= 15 is 0 Å². The molecule has 1 aliphatic rings. The zero-order valence-electron chi connectivity index (χ0n) is 39.7. The molecular weight excluding hydrogens is 867 g/mol. The third-order valence-electron chi connectivity index (χ3n) is 14.7. The maximum Gasteiger partial charge on any atom is 0.0713 e. The first-order valence-corrected chi connectivity index (χ1v) is 24.9. The lowest BCUT2D eigenvalue weighted by Gasteiger charge is -2.34. The Morgan fingerprint density at radius 2 is 0.625 bits per heavy atom. The summed E-state index contributed by atoms with van der Waals surface area (Å²) in [6.07, 6.45) is 0. The Kier molecular flexibility index (Phi) is 10.8. The molecule has 0 aromatic heterocycles. The minimum atomic E-state index is -0.463. The molecule has 0 saturated carbocycles. The second kappa shape index (κ2) is 18.2. The third kappa shape index (κ3) is 7.60. The zero-order chi connectivity index (χ0) is 47.8. The molecule has 338 valence electrons. The Hall–Kier alpha value is -9.30. The van der Waals surface area contributed by atoms with Crippen molar-refractivity contribution in [1.82, 2.24) is 0 Å². The maximum absolute atomic E-state index is 2.45. The van der Waals surface area contributed by atoms with Crippen molar-refractivity contribution in [3.05, 3.63) is 320 Å². The standard InChI is InChI=1S/C71H49N/c1-5-18-50(19-6-1)59-45-60(51-20-7-2-8-21-51)47-61(46-59)54-36-41-65(42-37-54)72(66-29-17-24-56(48-66)57-33-32-52-22-13-14-23-55(52)44-57)64-39-34-53(35-40-64)58-38-43-68-67-30-15-16-31-69(67)71(70(68)49-58,62-25-9-3-10-26-62)63-27-11-4-12-28-63/h1-49H. The van der Waals surface area contributed by atoms with Crippen LogP contribution >= 0.6 is 0 Å². The van der Waals surface area contributed by atoms with E-state index in [1.165, 1.54) is 94.2 Å². The molecule has 0 amide bonds. The van der Waals surface area contributed by atoms with Crippen molar-refractivity contribution in [1.29, 1.82) is 0 Å². The predicted molar refractivity (Wildman–Crippen MR) is 303 cm³/mol. The molecule has 1 heteroatoms. The van der Waals surface area contributed by atoms with Gasteiger partial charge in [0.05, 0.1) is 5.41 Å². The van der Waals surface area contributed by atoms with Crippen molar-refractivity contribution in [2.24, 2.45) is 0 Å². The van der Waals surface area contributed by atoms with Crippen LogP contribution in [0.15, 0.2) is 297 Å². The molecule has 13 rings (SSSR count). The molecule has 0 N–H and O–H groups in total. The number of fused-ring (bicyclic) bond motifs is 4. The van der Waals surface area contributed by atoms with Crippen LogP contribution in [0.3, 0.4) is 0 Å². The number of nitrogens with zero attached hydrogens (tertiary/aromatic N) is 1. The van der Waals surface area contributed by atoms with Gasteiger partial charge >= 0.3 is 0 Å². The van der Waals surface area contributed by atoms with Crippen molar-refractivity contribution in [3.63, 3.8) is 0 Å². The average molecular weight is 916 g/mol. The van der Waals surface area contributed by atoms with Gasteiger partial charge in [-0.1, -0.05) is 231 Å². The zero-order valence-corrected chi connectivity index (χ0v) is 39.7. The van der Waals surface area contributed by atoms with Crippen molar-refractivity contribution in [2.75, 3.05) is 4.90 Å². The van der Waals surface area contributed by atoms with Gasteiger partial charge in [-0.25, -0.2) is 0 Å². The van der Waals surface area contributed by atoms with Crippen molar-refractivity contribution >= 4 is 27.8 Å². The molecule has 0 spiro atoms. The van der Waals surface area contributed by atoms with Crippen molar-refractivity contribution < 1.29 is 0 Å². The van der Waals surface area contributed by atoms with E-state index in [1.54, 1.807) is 0 Å². The van der Waals surface area contributed by atoms with Crippen LogP contribution in [0.1, 0.15) is 22.3 Å². The van der Waals surface area contributed by atoms with Gasteiger partial charge in [0.15, 0.2) is 0 Å². The van der Waals surface area contributed by atoms with Crippen LogP contribution in [0.5, 0.6) is 0 Å². The first-order chi connectivity index (χ1) is 35.7. The molecule has 0 radical (unpaired) electrons. The minimum Gasteiger partial charge on any atom is -0.310 e. The molecule has 0 fully saturated rings. The first kappa shape index (κ1) is 42.8. The fraction of sp³-hybridized carbons (Fsp3) is 0.0141. The van der Waals surface area contributed by atoms with Gasteiger partial charge in [-0.3, -0.25) is 0 Å². The molecule has 72 heavy (non-hydrogen) atoms. The Labute approximate surface area is 422 Å². The van der Waals surface area contributed by atoms with Crippen molar-refractivity contribution in [3.8, 4) is 66.8 Å². The number of hydrogen-bond acceptors (Lipinski definition) is 1. The highest BCUT2D eigenvalue weighted by molar-refractivity contribution is 5.91. The van der Waals surface area contributed by atoms with E-state index in [1.807, 2.05) is 0 Å². The summed E-state index contributed by atoms with van der Waals surface area (Å²) in [5.74, 6) is 0. The van der Waals surface area contributed by atoms with E-state index in [0.717, 1.165) is 22.6 Å². The van der Waals surface area contributed by atoms with Gasteiger partial charge in [0.2, 0.25) is 0 Å². The van der Waals surface area contributed by atoms with Gasteiger partial charge < -0.3 is 4.90 Å². The number of rotatable bonds is 10. The van der Waals surface area contributed by atoms with Crippen LogP contribution in [-0.2, 0) is 5.41 Å². The summed E-state index contributed by atoms with van der Waals surface area (Å²) in [6.45, 7) is 0.